The number of hydrogen-bond donors (Lipinski definition) is 0. The van der Waals surface area contributed by atoms with Gasteiger partial charge in [-0.25, -0.2) is 0 Å². The van der Waals surface area contributed by atoms with E-state index in [9.17, 15) is 8.42 Å². The largest absolute Gasteiger partial charge is 0.338 e. The minimum atomic E-state index is -3.39. The van der Waals surface area contributed by atoms with Crippen molar-refractivity contribution in [3.8, 4) is 11.4 Å². The zero-order valence-electron chi connectivity index (χ0n) is 16.5. The molecule has 1 unspecified atom stereocenters. The number of piperidine rings is 1. The van der Waals surface area contributed by atoms with Gasteiger partial charge >= 0.3 is 0 Å². The van der Waals surface area contributed by atoms with Crippen LogP contribution in [0, 0.1) is 0 Å². The van der Waals surface area contributed by atoms with E-state index in [1.54, 1.807) is 20.7 Å². The lowest BCUT2D eigenvalue weighted by atomic mass is 10.1. The molecule has 29 heavy (non-hydrogen) atoms. The van der Waals surface area contributed by atoms with Crippen molar-refractivity contribution in [2.75, 3.05) is 32.7 Å². The van der Waals surface area contributed by atoms with Crippen LogP contribution >= 0.6 is 11.6 Å². The number of piperazine rings is 1. The quantitative estimate of drug-likeness (QED) is 0.712. The first kappa shape index (κ1) is 20.7. The summed E-state index contributed by atoms with van der Waals surface area (Å²) in [6.07, 6.45) is 2.98. The molecule has 3 heterocycles. The van der Waals surface area contributed by atoms with E-state index in [0.717, 1.165) is 24.8 Å². The zero-order chi connectivity index (χ0) is 20.4. The average molecular weight is 440 g/mol. The third-order valence-corrected chi connectivity index (χ3v) is 8.03. The predicted octanol–water partition coefficient (Wildman–Crippen LogP) is 2.63. The fourth-order valence-electron chi connectivity index (χ4n) is 3.91. The van der Waals surface area contributed by atoms with Gasteiger partial charge in [0.1, 0.15) is 0 Å². The summed E-state index contributed by atoms with van der Waals surface area (Å²) in [5.74, 6) is 1.05. The van der Waals surface area contributed by atoms with Crippen LogP contribution in [0.1, 0.15) is 32.1 Å². The maximum Gasteiger partial charge on any atom is 0.282 e. The number of aromatic nitrogens is 2. The highest BCUT2D eigenvalue weighted by Crippen LogP contribution is 2.24. The van der Waals surface area contributed by atoms with Crippen molar-refractivity contribution in [1.82, 2.24) is 23.7 Å². The lowest BCUT2D eigenvalue weighted by molar-refractivity contribution is 0.153. The lowest BCUT2D eigenvalue weighted by Gasteiger charge is -2.39. The first-order valence-corrected chi connectivity index (χ1v) is 11.8. The third-order valence-electron chi connectivity index (χ3n) is 5.63. The molecule has 8 nitrogen and oxygen atoms in total. The Morgan fingerprint density at radius 3 is 2.52 bits per heavy atom. The minimum absolute atomic E-state index is 0.0801. The summed E-state index contributed by atoms with van der Waals surface area (Å²) in [5, 5.41) is 4.69. The summed E-state index contributed by atoms with van der Waals surface area (Å²) < 4.78 is 34.6. The summed E-state index contributed by atoms with van der Waals surface area (Å²) in [4.78, 5) is 6.60. The monoisotopic (exact) mass is 439 g/mol. The van der Waals surface area contributed by atoms with E-state index in [0.29, 0.717) is 56.0 Å². The van der Waals surface area contributed by atoms with E-state index in [4.69, 9.17) is 16.1 Å². The first-order chi connectivity index (χ1) is 13.9. The summed E-state index contributed by atoms with van der Waals surface area (Å²) in [6, 6.07) is 7.35. The molecule has 10 heteroatoms. The molecule has 0 amide bonds. The van der Waals surface area contributed by atoms with Gasteiger partial charge in [-0.15, -0.1) is 0 Å². The van der Waals surface area contributed by atoms with E-state index >= 15 is 0 Å². The number of hydrogen-bond acceptors (Lipinski definition) is 6. The van der Waals surface area contributed by atoms with Crippen molar-refractivity contribution in [2.45, 2.75) is 38.8 Å². The summed E-state index contributed by atoms with van der Waals surface area (Å²) in [7, 11) is -3.39. The zero-order valence-corrected chi connectivity index (χ0v) is 18.1. The molecule has 1 aromatic carbocycles. The van der Waals surface area contributed by atoms with Crippen LogP contribution in [0.4, 0.5) is 0 Å². The molecule has 0 saturated carbocycles. The molecule has 2 saturated heterocycles. The van der Waals surface area contributed by atoms with Crippen molar-refractivity contribution in [2.24, 2.45) is 0 Å². The Kier molecular flexibility index (Phi) is 6.21. The Hall–Kier alpha value is -1.52. The molecule has 2 aliphatic rings. The van der Waals surface area contributed by atoms with Crippen molar-refractivity contribution in [1.29, 1.82) is 0 Å². The number of rotatable bonds is 5. The van der Waals surface area contributed by atoms with Crippen LogP contribution in [0.25, 0.3) is 11.4 Å². The molecule has 4 rings (SSSR count). The van der Waals surface area contributed by atoms with Crippen LogP contribution in [-0.2, 0) is 16.8 Å². The Balaban J connectivity index is 1.34. The molecule has 0 spiro atoms. The third kappa shape index (κ3) is 4.64. The number of benzene rings is 1. The molecule has 158 valence electrons. The molecule has 0 bridgehead atoms. The van der Waals surface area contributed by atoms with Gasteiger partial charge in [0.05, 0.1) is 6.54 Å². The number of halogens is 1. The van der Waals surface area contributed by atoms with Gasteiger partial charge in [0, 0.05) is 49.4 Å². The second-order valence-electron chi connectivity index (χ2n) is 7.66. The topological polar surface area (TPSA) is 82.8 Å². The van der Waals surface area contributed by atoms with E-state index in [2.05, 4.69) is 15.0 Å². The standard InChI is InChI=1S/C19H26ClN5O3S/c1-15-4-2-3-9-25(15)29(26,27)24-12-10-23(11-13-24)14-18-21-19(22-28-18)16-5-7-17(20)8-6-16/h5-8,15H,2-4,9-14H2,1H3. The average Bonchev–Trinajstić information content (AvgIpc) is 3.17. The Labute approximate surface area is 176 Å². The fraction of sp³-hybridized carbons (Fsp3) is 0.579. The van der Waals surface area contributed by atoms with Crippen molar-refractivity contribution in [3.05, 3.63) is 35.2 Å². The molecule has 2 aromatic rings. The molecule has 0 radical (unpaired) electrons. The van der Waals surface area contributed by atoms with Gasteiger partial charge in [-0.05, 0) is 44.0 Å². The van der Waals surface area contributed by atoms with Gasteiger partial charge in [0.2, 0.25) is 11.7 Å². The SMILES string of the molecule is CC1CCCCN1S(=O)(=O)N1CCN(Cc2nc(-c3ccc(Cl)cc3)no2)CC1. The van der Waals surface area contributed by atoms with Crippen LogP contribution in [-0.4, -0.2) is 70.8 Å². The predicted molar refractivity (Wildman–Crippen MR) is 111 cm³/mol. The number of nitrogens with zero attached hydrogens (tertiary/aromatic N) is 5. The van der Waals surface area contributed by atoms with Crippen LogP contribution in [0.15, 0.2) is 28.8 Å². The van der Waals surface area contributed by atoms with Crippen molar-refractivity contribution < 1.29 is 12.9 Å². The van der Waals surface area contributed by atoms with Gasteiger partial charge in [-0.1, -0.05) is 23.2 Å². The molecule has 2 aliphatic heterocycles. The second kappa shape index (κ2) is 8.69. The van der Waals surface area contributed by atoms with Gasteiger partial charge in [0.15, 0.2) is 0 Å². The molecule has 2 fully saturated rings. The van der Waals surface area contributed by atoms with E-state index in [1.807, 2.05) is 19.1 Å². The molecule has 1 aromatic heterocycles. The van der Waals surface area contributed by atoms with Gasteiger partial charge < -0.3 is 4.52 Å². The molecular weight excluding hydrogens is 414 g/mol. The Morgan fingerprint density at radius 1 is 1.10 bits per heavy atom. The Morgan fingerprint density at radius 2 is 1.83 bits per heavy atom. The molecule has 0 aliphatic carbocycles. The fourth-order valence-corrected chi connectivity index (χ4v) is 5.88. The van der Waals surface area contributed by atoms with E-state index in [1.165, 1.54) is 0 Å². The lowest BCUT2D eigenvalue weighted by Crippen LogP contribution is -2.55. The second-order valence-corrected chi connectivity index (χ2v) is 9.97. The minimum Gasteiger partial charge on any atom is -0.338 e. The first-order valence-electron chi connectivity index (χ1n) is 10.0. The molecule has 1 atom stereocenters. The highest BCUT2D eigenvalue weighted by molar-refractivity contribution is 7.86. The summed E-state index contributed by atoms with van der Waals surface area (Å²) >= 11 is 5.91. The van der Waals surface area contributed by atoms with Crippen LogP contribution in [0.2, 0.25) is 5.02 Å². The maximum atomic E-state index is 13.0. The van der Waals surface area contributed by atoms with Gasteiger partial charge in [-0.3, -0.25) is 4.90 Å². The van der Waals surface area contributed by atoms with Crippen LogP contribution in [0.5, 0.6) is 0 Å². The van der Waals surface area contributed by atoms with Gasteiger partial charge in [0.25, 0.3) is 10.2 Å². The Bertz CT molecular complexity index is 926. The van der Waals surface area contributed by atoms with Gasteiger partial charge in [-0.2, -0.15) is 22.0 Å². The summed E-state index contributed by atoms with van der Waals surface area (Å²) in [5.41, 5.74) is 0.843. The smallest absolute Gasteiger partial charge is 0.282 e. The highest BCUT2D eigenvalue weighted by atomic mass is 35.5. The highest BCUT2D eigenvalue weighted by Gasteiger charge is 2.36. The molecular formula is C19H26ClN5O3S. The van der Waals surface area contributed by atoms with Crippen LogP contribution in [0.3, 0.4) is 0 Å². The van der Waals surface area contributed by atoms with Crippen molar-refractivity contribution >= 4 is 21.8 Å². The molecule has 0 N–H and O–H groups in total. The van der Waals surface area contributed by atoms with E-state index < -0.39 is 10.2 Å². The van der Waals surface area contributed by atoms with Crippen LogP contribution < -0.4 is 0 Å². The normalized spacial score (nSPS) is 22.8. The maximum absolute atomic E-state index is 13.0. The summed E-state index contributed by atoms with van der Waals surface area (Å²) in [6.45, 7) is 5.36. The van der Waals surface area contributed by atoms with E-state index in [-0.39, 0.29) is 6.04 Å². The van der Waals surface area contributed by atoms with Crippen molar-refractivity contribution in [3.63, 3.8) is 0 Å².